The van der Waals surface area contributed by atoms with Gasteiger partial charge in [0.1, 0.15) is 4.90 Å². The monoisotopic (exact) mass is 615 g/mol. The van der Waals surface area contributed by atoms with Gasteiger partial charge in [0.15, 0.2) is 0 Å². The minimum absolute atomic E-state index is 0.0614. The summed E-state index contributed by atoms with van der Waals surface area (Å²) in [7, 11) is -9.78. The third kappa shape index (κ3) is 7.21. The Morgan fingerprint density at radius 2 is 1.67 bits per heavy atom. The van der Waals surface area contributed by atoms with Crippen molar-refractivity contribution >= 4 is 32.9 Å². The van der Waals surface area contributed by atoms with Crippen LogP contribution in [-0.4, -0.2) is 83.9 Å². The second-order valence-corrected chi connectivity index (χ2v) is 13.4. The lowest BCUT2D eigenvalue weighted by Gasteiger charge is -2.40. The molecule has 0 radical (unpaired) electrons. The number of nitrogens with zero attached hydrogens (tertiary/aromatic N) is 4. The molecule has 0 unspecified atom stereocenters. The Hall–Kier alpha value is -3.23. The lowest BCUT2D eigenvalue weighted by molar-refractivity contribution is 0.0383. The van der Waals surface area contributed by atoms with Crippen LogP contribution in [0.15, 0.2) is 47.5 Å². The summed E-state index contributed by atoms with van der Waals surface area (Å²) in [5, 5.41) is 8.52. The van der Waals surface area contributed by atoms with Crippen molar-refractivity contribution in [2.45, 2.75) is 31.2 Å². The highest BCUT2D eigenvalue weighted by molar-refractivity contribution is 8.45. The minimum atomic E-state index is -9.78. The van der Waals surface area contributed by atoms with Crippen LogP contribution in [0.3, 0.4) is 0 Å². The molecule has 3 heterocycles. The molecule has 2 amide bonds. The first kappa shape index (κ1) is 30.2. The zero-order valence-electron chi connectivity index (χ0n) is 23.2. The first-order valence-electron chi connectivity index (χ1n) is 13.9. The second kappa shape index (κ2) is 10.8. The molecule has 2 aliphatic rings. The predicted molar refractivity (Wildman–Crippen MR) is 151 cm³/mol. The quantitative estimate of drug-likeness (QED) is 0.333. The van der Waals surface area contributed by atoms with E-state index in [2.05, 4.69) is 15.3 Å². The number of hydrogen-bond donors (Lipinski definition) is 1. The molecule has 2 aromatic carbocycles. The average molecular weight is 616 g/mol. The molecule has 42 heavy (non-hydrogen) atoms. The van der Waals surface area contributed by atoms with Gasteiger partial charge in [-0.15, -0.1) is 0 Å². The van der Waals surface area contributed by atoms with Crippen LogP contribution in [0.25, 0.3) is 10.9 Å². The van der Waals surface area contributed by atoms with Crippen LogP contribution in [0, 0.1) is 12.8 Å². The molecule has 0 aliphatic carbocycles. The topological polar surface area (TPSA) is 79.7 Å². The number of carbonyl (C=O) groups excluding carboxylic acids is 2. The fourth-order valence-corrected chi connectivity index (χ4v) is 6.08. The molecule has 2 fully saturated rings. The maximum atomic E-state index is 13.0. The number of benzene rings is 2. The maximum Gasteiger partial charge on any atom is 0.310 e. The highest BCUT2D eigenvalue weighted by Gasteiger charge is 2.65. The maximum absolute atomic E-state index is 13.0. The predicted octanol–water partition coefficient (Wildman–Crippen LogP) is 5.62. The van der Waals surface area contributed by atoms with Gasteiger partial charge < -0.3 is 15.0 Å². The van der Waals surface area contributed by atoms with E-state index < -0.39 is 21.0 Å². The number of piperidine rings is 1. The Morgan fingerprint density at radius 1 is 1.00 bits per heavy atom. The summed E-state index contributed by atoms with van der Waals surface area (Å²) < 4.78 is 72.1. The fraction of sp³-hybridized carbons (Fsp3) is 0.464. The van der Waals surface area contributed by atoms with E-state index in [4.69, 9.17) is 4.74 Å². The van der Waals surface area contributed by atoms with Crippen LogP contribution in [-0.2, 0) is 11.3 Å². The van der Waals surface area contributed by atoms with E-state index in [1.54, 1.807) is 0 Å². The molecule has 0 spiro atoms. The molecule has 0 bridgehead atoms. The third-order valence-corrected chi connectivity index (χ3v) is 9.02. The van der Waals surface area contributed by atoms with Crippen LogP contribution in [0.2, 0.25) is 0 Å². The van der Waals surface area contributed by atoms with Gasteiger partial charge >= 0.3 is 10.2 Å². The number of rotatable bonds is 8. The number of fused-ring (bicyclic) bond motifs is 1. The highest BCUT2D eigenvalue weighted by Crippen LogP contribution is 3.02. The van der Waals surface area contributed by atoms with E-state index in [-0.39, 0.29) is 29.5 Å². The van der Waals surface area contributed by atoms with Crippen LogP contribution >= 0.6 is 10.2 Å². The second-order valence-electron chi connectivity index (χ2n) is 11.0. The Kier molecular flexibility index (Phi) is 7.77. The number of aromatic nitrogens is 2. The van der Waals surface area contributed by atoms with E-state index in [1.165, 1.54) is 4.90 Å². The van der Waals surface area contributed by atoms with Gasteiger partial charge in [-0.05, 0) is 67.6 Å². The van der Waals surface area contributed by atoms with Gasteiger partial charge in [-0.3, -0.25) is 19.2 Å². The van der Waals surface area contributed by atoms with Crippen molar-refractivity contribution in [1.29, 1.82) is 0 Å². The van der Waals surface area contributed by atoms with Crippen LogP contribution in [0.4, 0.5) is 19.4 Å². The number of morpholine rings is 1. The van der Waals surface area contributed by atoms with Crippen molar-refractivity contribution in [3.8, 4) is 0 Å². The van der Waals surface area contributed by atoms with E-state index in [0.29, 0.717) is 57.8 Å². The zero-order chi connectivity index (χ0) is 30.2. The van der Waals surface area contributed by atoms with Gasteiger partial charge in [0.05, 0.1) is 18.7 Å². The Balaban J connectivity index is 1.15. The highest BCUT2D eigenvalue weighted by atomic mass is 32.5. The standard InChI is InChI=1S/C28H34F5N5O3S/c1-20-16-26-23(17-25(20)27(39)34-8-11-36-12-14-41-15-13-36)19-38(35-26)18-21-6-9-37(10-7-21)28(40)22-2-4-24(5-3-22)42(29,30,31,32)33/h2-5,16-17,19,21H,6-15,18H2,1H3,(H,34,39). The van der Waals surface area contributed by atoms with Crippen molar-refractivity contribution in [2.24, 2.45) is 5.92 Å². The minimum Gasteiger partial charge on any atom is -0.379 e. The molecule has 5 rings (SSSR count). The van der Waals surface area contributed by atoms with Crippen molar-refractivity contribution < 1.29 is 33.8 Å². The number of ether oxygens (including phenoxy) is 1. The number of amides is 2. The lowest BCUT2D eigenvalue weighted by atomic mass is 9.96. The van der Waals surface area contributed by atoms with Gasteiger partial charge in [-0.1, -0.05) is 19.4 Å². The summed E-state index contributed by atoms with van der Waals surface area (Å²) in [4.78, 5) is 27.4. The number of aryl methyl sites for hydroxylation is 1. The first-order chi connectivity index (χ1) is 19.7. The van der Waals surface area contributed by atoms with E-state index in [1.807, 2.05) is 29.9 Å². The largest absolute Gasteiger partial charge is 0.379 e. The lowest BCUT2D eigenvalue weighted by Crippen LogP contribution is -2.41. The molecule has 1 N–H and O–H groups in total. The summed E-state index contributed by atoms with van der Waals surface area (Å²) in [5.41, 5.74) is 2.15. The van der Waals surface area contributed by atoms with Gasteiger partial charge in [-0.25, -0.2) is 0 Å². The van der Waals surface area contributed by atoms with Crippen molar-refractivity contribution in [1.82, 2.24) is 24.9 Å². The Labute approximate surface area is 240 Å². The van der Waals surface area contributed by atoms with Crippen molar-refractivity contribution in [3.63, 3.8) is 0 Å². The molecule has 1 aromatic heterocycles. The zero-order valence-corrected chi connectivity index (χ0v) is 24.0. The molecule has 2 aliphatic heterocycles. The molecule has 230 valence electrons. The Morgan fingerprint density at radius 3 is 2.31 bits per heavy atom. The number of likely N-dealkylation sites (tertiary alicyclic amines) is 1. The van der Waals surface area contributed by atoms with Crippen LogP contribution < -0.4 is 5.32 Å². The molecular weight excluding hydrogens is 581 g/mol. The number of halogens is 5. The van der Waals surface area contributed by atoms with Gasteiger partial charge in [0.2, 0.25) is 0 Å². The van der Waals surface area contributed by atoms with E-state index >= 15 is 0 Å². The summed E-state index contributed by atoms with van der Waals surface area (Å²) in [6.07, 6.45) is 3.21. The summed E-state index contributed by atoms with van der Waals surface area (Å²) in [6, 6.07) is 5.89. The van der Waals surface area contributed by atoms with E-state index in [0.717, 1.165) is 48.2 Å². The summed E-state index contributed by atoms with van der Waals surface area (Å²) in [5.74, 6) is -0.406. The molecule has 0 atom stereocenters. The number of nitrogens with one attached hydrogen (secondary N) is 1. The molecule has 0 saturated carbocycles. The normalized spacial score (nSPS) is 19.0. The Bertz CT molecular complexity index is 1470. The van der Waals surface area contributed by atoms with E-state index in [9.17, 15) is 29.0 Å². The smallest absolute Gasteiger partial charge is 0.310 e. The molecule has 2 saturated heterocycles. The molecular formula is C28H34F5N5O3S. The van der Waals surface area contributed by atoms with Crippen molar-refractivity contribution in [2.75, 3.05) is 52.5 Å². The first-order valence-corrected chi connectivity index (χ1v) is 15.8. The number of carbonyl (C=O) groups is 2. The van der Waals surface area contributed by atoms with Crippen LogP contribution in [0.1, 0.15) is 39.1 Å². The summed E-state index contributed by atoms with van der Waals surface area (Å²) in [6.45, 7) is 7.72. The number of hydrogen-bond acceptors (Lipinski definition) is 5. The summed E-state index contributed by atoms with van der Waals surface area (Å²) >= 11 is 0. The van der Waals surface area contributed by atoms with Crippen LogP contribution in [0.5, 0.6) is 0 Å². The SMILES string of the molecule is Cc1cc2nn(CC3CCN(C(=O)c4ccc(S(F)(F)(F)(F)F)cc4)CC3)cc2cc1C(=O)NCCN1CCOCC1. The van der Waals surface area contributed by atoms with Crippen molar-refractivity contribution in [3.05, 3.63) is 59.3 Å². The molecule has 8 nitrogen and oxygen atoms in total. The molecule has 3 aromatic rings. The van der Waals surface area contributed by atoms with Gasteiger partial charge in [0, 0.05) is 68.5 Å². The third-order valence-electron chi connectivity index (χ3n) is 7.85. The average Bonchev–Trinajstić information content (AvgIpc) is 3.33. The van der Waals surface area contributed by atoms with Gasteiger partial charge in [0.25, 0.3) is 11.8 Å². The fourth-order valence-electron chi connectivity index (χ4n) is 5.43. The molecule has 14 heteroatoms. The van der Waals surface area contributed by atoms with Gasteiger partial charge in [-0.2, -0.15) is 5.10 Å².